The van der Waals surface area contributed by atoms with Crippen LogP contribution in [0.1, 0.15) is 33.1 Å². The molecule has 4 heteroatoms. The van der Waals surface area contributed by atoms with Gasteiger partial charge in [-0.1, -0.05) is 25.1 Å². The Morgan fingerprint density at radius 1 is 1.41 bits per heavy atom. The third kappa shape index (κ3) is 4.18. The predicted molar refractivity (Wildman–Crippen MR) is 76.8 cm³/mol. The smallest absolute Gasteiger partial charge is 0.156 e. The fourth-order valence-electron chi connectivity index (χ4n) is 2.39. The van der Waals surface area contributed by atoms with Gasteiger partial charge >= 0.3 is 0 Å². The molecule has 2 aliphatic heterocycles. The van der Waals surface area contributed by atoms with Crippen molar-refractivity contribution in [3.05, 3.63) is 0 Å². The molecule has 0 spiro atoms. The van der Waals surface area contributed by atoms with Crippen LogP contribution in [-0.4, -0.2) is 48.0 Å². The third-order valence-electron chi connectivity index (χ3n) is 3.61. The summed E-state index contributed by atoms with van der Waals surface area (Å²) in [7, 11) is 0. The standard InChI is InChI=1S/C13H25N3S/c1-11-8-14-13(17-10-11)15-9-12(2)16-6-4-3-5-7-16/h11-12H,3-10H2,1-2H3,(H,14,15). The largest absolute Gasteiger partial charge is 0.363 e. The summed E-state index contributed by atoms with van der Waals surface area (Å²) in [5, 5.41) is 4.67. The van der Waals surface area contributed by atoms with Crippen LogP contribution in [0.3, 0.4) is 0 Å². The fraction of sp³-hybridized carbons (Fsp3) is 0.923. The van der Waals surface area contributed by atoms with Crippen LogP contribution in [-0.2, 0) is 0 Å². The van der Waals surface area contributed by atoms with Crippen LogP contribution in [0.25, 0.3) is 0 Å². The average molecular weight is 255 g/mol. The maximum Gasteiger partial charge on any atom is 0.156 e. The molecule has 1 saturated heterocycles. The van der Waals surface area contributed by atoms with Gasteiger partial charge in [0.25, 0.3) is 0 Å². The molecule has 2 heterocycles. The third-order valence-corrected chi connectivity index (χ3v) is 4.90. The second kappa shape index (κ2) is 6.64. The Labute approximate surface area is 109 Å². The highest BCUT2D eigenvalue weighted by Crippen LogP contribution is 2.16. The van der Waals surface area contributed by atoms with Crippen LogP contribution in [0.4, 0.5) is 0 Å². The number of amidine groups is 1. The summed E-state index contributed by atoms with van der Waals surface area (Å²) in [6.45, 7) is 9.19. The normalized spacial score (nSPS) is 28.6. The molecule has 0 aromatic heterocycles. The molecule has 2 unspecified atom stereocenters. The molecule has 3 nitrogen and oxygen atoms in total. The molecule has 0 aliphatic carbocycles. The van der Waals surface area contributed by atoms with Gasteiger partial charge in [0.1, 0.15) is 0 Å². The Morgan fingerprint density at radius 2 is 2.18 bits per heavy atom. The van der Waals surface area contributed by atoms with Gasteiger partial charge in [0.15, 0.2) is 5.17 Å². The zero-order valence-electron chi connectivity index (χ0n) is 11.1. The Bertz CT molecular complexity index is 261. The number of nitrogens with one attached hydrogen (secondary N) is 1. The van der Waals surface area contributed by atoms with E-state index in [1.54, 1.807) is 0 Å². The number of thioether (sulfide) groups is 1. The van der Waals surface area contributed by atoms with E-state index < -0.39 is 0 Å². The van der Waals surface area contributed by atoms with Crippen molar-refractivity contribution in [1.82, 2.24) is 10.2 Å². The number of aliphatic imine (C=N–C) groups is 1. The summed E-state index contributed by atoms with van der Waals surface area (Å²) in [6, 6.07) is 0.637. The van der Waals surface area contributed by atoms with Gasteiger partial charge in [-0.15, -0.1) is 0 Å². The van der Waals surface area contributed by atoms with E-state index in [0.29, 0.717) is 6.04 Å². The lowest BCUT2D eigenvalue weighted by molar-refractivity contribution is 0.175. The molecule has 1 N–H and O–H groups in total. The first-order valence-electron chi connectivity index (χ1n) is 6.91. The number of likely N-dealkylation sites (tertiary alicyclic amines) is 1. The number of hydrogen-bond donors (Lipinski definition) is 1. The van der Waals surface area contributed by atoms with Gasteiger partial charge < -0.3 is 5.32 Å². The lowest BCUT2D eigenvalue weighted by Gasteiger charge is -2.32. The molecule has 2 atom stereocenters. The highest BCUT2D eigenvalue weighted by Gasteiger charge is 2.18. The maximum absolute atomic E-state index is 4.58. The molecule has 0 aromatic rings. The van der Waals surface area contributed by atoms with Crippen LogP contribution in [0.5, 0.6) is 0 Å². The molecular weight excluding hydrogens is 230 g/mol. The van der Waals surface area contributed by atoms with Gasteiger partial charge in [-0.3, -0.25) is 9.89 Å². The molecule has 2 aliphatic rings. The van der Waals surface area contributed by atoms with Crippen molar-refractivity contribution in [3.8, 4) is 0 Å². The van der Waals surface area contributed by atoms with E-state index in [1.165, 1.54) is 38.1 Å². The summed E-state index contributed by atoms with van der Waals surface area (Å²) >= 11 is 1.88. The number of piperidine rings is 1. The van der Waals surface area contributed by atoms with E-state index in [0.717, 1.165) is 24.2 Å². The molecule has 0 amide bonds. The number of hydrogen-bond acceptors (Lipinski definition) is 4. The van der Waals surface area contributed by atoms with Gasteiger partial charge in [0.2, 0.25) is 0 Å². The molecule has 0 bridgehead atoms. The SMILES string of the molecule is CC1CN=C(NCC(C)N2CCCCC2)SC1. The Kier molecular flexibility index (Phi) is 5.16. The maximum atomic E-state index is 4.58. The summed E-state index contributed by atoms with van der Waals surface area (Å²) in [5.41, 5.74) is 0. The molecule has 1 fully saturated rings. The van der Waals surface area contributed by atoms with E-state index in [2.05, 4.69) is 29.1 Å². The second-order valence-electron chi connectivity index (χ2n) is 5.39. The summed E-state index contributed by atoms with van der Waals surface area (Å²) in [4.78, 5) is 7.18. The second-order valence-corrected chi connectivity index (χ2v) is 6.40. The average Bonchev–Trinajstić information content (AvgIpc) is 2.39. The van der Waals surface area contributed by atoms with Crippen molar-refractivity contribution >= 4 is 16.9 Å². The monoisotopic (exact) mass is 255 g/mol. The van der Waals surface area contributed by atoms with Crippen molar-refractivity contribution < 1.29 is 0 Å². The van der Waals surface area contributed by atoms with E-state index in [9.17, 15) is 0 Å². The van der Waals surface area contributed by atoms with Crippen molar-refractivity contribution in [2.45, 2.75) is 39.2 Å². The Morgan fingerprint density at radius 3 is 2.82 bits per heavy atom. The van der Waals surface area contributed by atoms with Crippen molar-refractivity contribution in [3.63, 3.8) is 0 Å². The lowest BCUT2D eigenvalue weighted by atomic mass is 10.1. The van der Waals surface area contributed by atoms with Crippen LogP contribution in [0.2, 0.25) is 0 Å². The van der Waals surface area contributed by atoms with Crippen LogP contribution >= 0.6 is 11.8 Å². The molecule has 0 radical (unpaired) electrons. The van der Waals surface area contributed by atoms with Crippen molar-refractivity contribution in [2.75, 3.05) is 31.9 Å². The van der Waals surface area contributed by atoms with E-state index in [4.69, 9.17) is 0 Å². The number of nitrogens with zero attached hydrogens (tertiary/aromatic N) is 2. The highest BCUT2D eigenvalue weighted by molar-refractivity contribution is 8.13. The molecule has 0 saturated carbocycles. The molecule has 0 aromatic carbocycles. The van der Waals surface area contributed by atoms with Crippen LogP contribution in [0.15, 0.2) is 4.99 Å². The predicted octanol–water partition coefficient (Wildman–Crippen LogP) is 2.19. The van der Waals surface area contributed by atoms with E-state index >= 15 is 0 Å². The molecule has 2 rings (SSSR count). The van der Waals surface area contributed by atoms with Crippen LogP contribution in [0, 0.1) is 5.92 Å². The first kappa shape index (κ1) is 13.2. The molecule has 98 valence electrons. The van der Waals surface area contributed by atoms with Gasteiger partial charge in [-0.25, -0.2) is 0 Å². The zero-order chi connectivity index (χ0) is 12.1. The first-order chi connectivity index (χ1) is 8.25. The van der Waals surface area contributed by atoms with E-state index in [-0.39, 0.29) is 0 Å². The topological polar surface area (TPSA) is 27.6 Å². The quantitative estimate of drug-likeness (QED) is 0.838. The minimum absolute atomic E-state index is 0.637. The van der Waals surface area contributed by atoms with Gasteiger partial charge in [-0.2, -0.15) is 0 Å². The minimum atomic E-state index is 0.637. The number of rotatable bonds is 3. The zero-order valence-corrected chi connectivity index (χ0v) is 11.9. The Balaban J connectivity index is 1.70. The first-order valence-corrected chi connectivity index (χ1v) is 7.89. The molecule has 17 heavy (non-hydrogen) atoms. The Hall–Kier alpha value is -0.220. The van der Waals surface area contributed by atoms with Crippen molar-refractivity contribution in [1.29, 1.82) is 0 Å². The van der Waals surface area contributed by atoms with Crippen LogP contribution < -0.4 is 5.32 Å². The lowest BCUT2D eigenvalue weighted by Crippen LogP contribution is -2.44. The van der Waals surface area contributed by atoms with E-state index in [1.807, 2.05) is 11.8 Å². The minimum Gasteiger partial charge on any atom is -0.363 e. The van der Waals surface area contributed by atoms with Gasteiger partial charge in [0.05, 0.1) is 0 Å². The summed E-state index contributed by atoms with van der Waals surface area (Å²) in [6.07, 6.45) is 4.16. The molecular formula is C13H25N3S. The summed E-state index contributed by atoms with van der Waals surface area (Å²) in [5.74, 6) is 1.95. The van der Waals surface area contributed by atoms with Gasteiger partial charge in [0, 0.05) is 24.9 Å². The fourth-order valence-corrected chi connectivity index (χ4v) is 3.29. The van der Waals surface area contributed by atoms with Gasteiger partial charge in [-0.05, 0) is 38.8 Å². The summed E-state index contributed by atoms with van der Waals surface area (Å²) < 4.78 is 0. The van der Waals surface area contributed by atoms with Crippen molar-refractivity contribution in [2.24, 2.45) is 10.9 Å². The highest BCUT2D eigenvalue weighted by atomic mass is 32.2.